The predicted octanol–water partition coefficient (Wildman–Crippen LogP) is 3.42. The predicted molar refractivity (Wildman–Crippen MR) is 86.7 cm³/mol. The maximum absolute atomic E-state index is 12.6. The number of hydrogen-bond acceptors (Lipinski definition) is 2. The number of aromatic nitrogens is 3. The Labute approximate surface area is 133 Å². The number of nitrogens with zero attached hydrogens (tertiary/aromatic N) is 3. The van der Waals surface area contributed by atoms with Crippen molar-refractivity contribution in [3.8, 4) is 5.82 Å². The molecule has 0 aliphatic rings. The summed E-state index contributed by atoms with van der Waals surface area (Å²) in [5, 5.41) is 7.70. The van der Waals surface area contributed by atoms with Gasteiger partial charge in [0.1, 0.15) is 11.4 Å². The lowest BCUT2D eigenvalue weighted by Gasteiger charge is -2.11. The summed E-state index contributed by atoms with van der Waals surface area (Å²) in [7, 11) is 1.80. The van der Waals surface area contributed by atoms with E-state index in [0.29, 0.717) is 22.1 Å². The Morgan fingerprint density at radius 1 is 1.23 bits per heavy atom. The lowest BCUT2D eigenvalue weighted by atomic mass is 10.2. The van der Waals surface area contributed by atoms with Gasteiger partial charge < -0.3 is 9.88 Å². The van der Waals surface area contributed by atoms with E-state index in [2.05, 4.69) is 10.4 Å². The molecule has 2 aromatic heterocycles. The molecule has 1 amide bonds. The van der Waals surface area contributed by atoms with Gasteiger partial charge in [-0.25, -0.2) is 0 Å². The average molecular weight is 315 g/mol. The molecule has 0 aliphatic carbocycles. The molecule has 0 saturated carbocycles. The fourth-order valence-corrected chi connectivity index (χ4v) is 2.48. The molecule has 22 heavy (non-hydrogen) atoms. The summed E-state index contributed by atoms with van der Waals surface area (Å²) < 4.78 is 3.52. The second-order valence-corrected chi connectivity index (χ2v) is 5.37. The first-order chi connectivity index (χ1) is 10.6. The van der Waals surface area contributed by atoms with Gasteiger partial charge >= 0.3 is 0 Å². The zero-order valence-corrected chi connectivity index (χ0v) is 13.0. The van der Waals surface area contributed by atoms with E-state index >= 15 is 0 Å². The summed E-state index contributed by atoms with van der Waals surface area (Å²) in [6.07, 6.45) is 5.31. The minimum absolute atomic E-state index is 0.220. The molecule has 1 N–H and O–H groups in total. The van der Waals surface area contributed by atoms with Gasteiger partial charge in [0.2, 0.25) is 0 Å². The first-order valence-electron chi connectivity index (χ1n) is 6.79. The van der Waals surface area contributed by atoms with Gasteiger partial charge in [-0.3, -0.25) is 9.48 Å². The van der Waals surface area contributed by atoms with Crippen LogP contribution in [0.2, 0.25) is 5.02 Å². The molecule has 0 unspecified atom stereocenters. The molecule has 0 fully saturated rings. The van der Waals surface area contributed by atoms with Crippen LogP contribution in [0.1, 0.15) is 15.9 Å². The number of hydrogen-bond donors (Lipinski definition) is 1. The van der Waals surface area contributed by atoms with Gasteiger partial charge in [-0.1, -0.05) is 17.7 Å². The second-order valence-electron chi connectivity index (χ2n) is 4.96. The SMILES string of the molecule is Cc1c(Cl)cccc1NC(=O)c1cnn(C)c1-n1cccc1. The van der Waals surface area contributed by atoms with Crippen molar-refractivity contribution in [2.24, 2.45) is 7.05 Å². The van der Waals surface area contributed by atoms with Crippen molar-refractivity contribution in [3.05, 3.63) is 65.1 Å². The number of aryl methyl sites for hydroxylation is 1. The molecule has 6 heteroatoms. The Morgan fingerprint density at radius 2 is 1.95 bits per heavy atom. The highest BCUT2D eigenvalue weighted by Gasteiger charge is 2.18. The van der Waals surface area contributed by atoms with Crippen molar-refractivity contribution in [2.75, 3.05) is 5.32 Å². The van der Waals surface area contributed by atoms with Crippen molar-refractivity contribution < 1.29 is 4.79 Å². The molecule has 2 heterocycles. The van der Waals surface area contributed by atoms with Gasteiger partial charge in [0.05, 0.1) is 6.20 Å². The minimum atomic E-state index is -0.220. The Balaban J connectivity index is 1.95. The van der Waals surface area contributed by atoms with Crippen molar-refractivity contribution in [1.29, 1.82) is 0 Å². The number of anilines is 1. The molecule has 0 radical (unpaired) electrons. The first kappa shape index (κ1) is 14.4. The number of carbonyl (C=O) groups is 1. The van der Waals surface area contributed by atoms with Crippen molar-refractivity contribution in [1.82, 2.24) is 14.3 Å². The maximum atomic E-state index is 12.6. The van der Waals surface area contributed by atoms with Gasteiger partial charge in [-0.05, 0) is 36.8 Å². The molecule has 112 valence electrons. The second kappa shape index (κ2) is 5.69. The zero-order chi connectivity index (χ0) is 15.7. The van der Waals surface area contributed by atoms with Gasteiger partial charge in [0.25, 0.3) is 5.91 Å². The van der Waals surface area contributed by atoms with E-state index in [1.54, 1.807) is 30.1 Å². The average Bonchev–Trinajstić information content (AvgIpc) is 3.12. The topological polar surface area (TPSA) is 51.9 Å². The fraction of sp³-hybridized carbons (Fsp3) is 0.125. The molecular weight excluding hydrogens is 300 g/mol. The zero-order valence-electron chi connectivity index (χ0n) is 12.2. The Hall–Kier alpha value is -2.53. The van der Waals surface area contributed by atoms with E-state index in [1.165, 1.54) is 0 Å². The number of rotatable bonds is 3. The molecule has 5 nitrogen and oxygen atoms in total. The van der Waals surface area contributed by atoms with Crippen LogP contribution >= 0.6 is 11.6 Å². The summed E-state index contributed by atoms with van der Waals surface area (Å²) in [6.45, 7) is 1.87. The van der Waals surface area contributed by atoms with Crippen LogP contribution in [0.15, 0.2) is 48.9 Å². The van der Waals surface area contributed by atoms with E-state index in [0.717, 1.165) is 5.56 Å². The number of halogens is 1. The maximum Gasteiger partial charge on any atom is 0.261 e. The molecule has 1 aromatic carbocycles. The van der Waals surface area contributed by atoms with Gasteiger partial charge in [0.15, 0.2) is 0 Å². The summed E-state index contributed by atoms with van der Waals surface area (Å²) in [5.41, 5.74) is 2.03. The highest BCUT2D eigenvalue weighted by molar-refractivity contribution is 6.31. The Kier molecular flexibility index (Phi) is 3.73. The van der Waals surface area contributed by atoms with Crippen LogP contribution in [0.3, 0.4) is 0 Å². The van der Waals surface area contributed by atoms with Crippen LogP contribution < -0.4 is 5.32 Å². The van der Waals surface area contributed by atoms with Crippen LogP contribution in [0.25, 0.3) is 5.82 Å². The van der Waals surface area contributed by atoms with E-state index in [4.69, 9.17) is 11.6 Å². The van der Waals surface area contributed by atoms with Crippen LogP contribution in [0, 0.1) is 6.92 Å². The minimum Gasteiger partial charge on any atom is -0.322 e. The van der Waals surface area contributed by atoms with Crippen LogP contribution in [0.5, 0.6) is 0 Å². The quantitative estimate of drug-likeness (QED) is 0.805. The third kappa shape index (κ3) is 2.51. The van der Waals surface area contributed by atoms with Gasteiger partial charge in [-0.15, -0.1) is 0 Å². The lowest BCUT2D eigenvalue weighted by molar-refractivity contribution is 0.102. The lowest BCUT2D eigenvalue weighted by Crippen LogP contribution is -2.15. The molecule has 0 aliphatic heterocycles. The Bertz CT molecular complexity index is 821. The van der Waals surface area contributed by atoms with Crippen molar-refractivity contribution in [3.63, 3.8) is 0 Å². The summed E-state index contributed by atoms with van der Waals surface area (Å²) in [5.74, 6) is 0.490. The molecular formula is C16H15ClN4O. The normalized spacial score (nSPS) is 10.7. The highest BCUT2D eigenvalue weighted by Crippen LogP contribution is 2.24. The third-order valence-corrected chi connectivity index (χ3v) is 3.93. The summed E-state index contributed by atoms with van der Waals surface area (Å²) >= 11 is 6.09. The molecule has 3 rings (SSSR count). The molecule has 0 bridgehead atoms. The smallest absolute Gasteiger partial charge is 0.261 e. The number of benzene rings is 1. The van der Waals surface area contributed by atoms with Crippen LogP contribution in [-0.4, -0.2) is 20.3 Å². The fourth-order valence-electron chi connectivity index (χ4n) is 2.31. The van der Waals surface area contributed by atoms with Crippen molar-refractivity contribution in [2.45, 2.75) is 6.92 Å². The van der Waals surface area contributed by atoms with E-state index < -0.39 is 0 Å². The summed E-state index contributed by atoms with van der Waals surface area (Å²) in [4.78, 5) is 12.6. The molecule has 0 spiro atoms. The van der Waals surface area contributed by atoms with Crippen LogP contribution in [0.4, 0.5) is 5.69 Å². The Morgan fingerprint density at radius 3 is 2.68 bits per heavy atom. The third-order valence-electron chi connectivity index (χ3n) is 3.52. The van der Waals surface area contributed by atoms with E-state index in [9.17, 15) is 4.79 Å². The number of carbonyl (C=O) groups excluding carboxylic acids is 1. The first-order valence-corrected chi connectivity index (χ1v) is 7.17. The summed E-state index contributed by atoms with van der Waals surface area (Å²) in [6, 6.07) is 9.22. The highest BCUT2D eigenvalue weighted by atomic mass is 35.5. The molecule has 0 atom stereocenters. The largest absolute Gasteiger partial charge is 0.322 e. The monoisotopic (exact) mass is 314 g/mol. The van der Waals surface area contributed by atoms with E-state index in [-0.39, 0.29) is 5.91 Å². The van der Waals surface area contributed by atoms with Gasteiger partial charge in [0, 0.05) is 30.2 Å². The van der Waals surface area contributed by atoms with E-state index in [1.807, 2.05) is 42.1 Å². The molecule has 3 aromatic rings. The van der Waals surface area contributed by atoms with Crippen LogP contribution in [-0.2, 0) is 7.05 Å². The van der Waals surface area contributed by atoms with Gasteiger partial charge in [-0.2, -0.15) is 5.10 Å². The molecule has 0 saturated heterocycles. The standard InChI is InChI=1S/C16H15ClN4O/c1-11-13(17)6-5-7-14(11)19-15(22)12-10-18-20(2)16(12)21-8-3-4-9-21/h3-10H,1-2H3,(H,19,22). The van der Waals surface area contributed by atoms with Crippen molar-refractivity contribution >= 4 is 23.2 Å². The number of amides is 1. The number of nitrogens with one attached hydrogen (secondary N) is 1.